The van der Waals surface area contributed by atoms with E-state index in [2.05, 4.69) is 60.7 Å². The van der Waals surface area contributed by atoms with E-state index in [1.165, 1.54) is 44.2 Å². The van der Waals surface area contributed by atoms with Gasteiger partial charge in [0.2, 0.25) is 0 Å². The van der Waals surface area contributed by atoms with Gasteiger partial charge in [0.05, 0.1) is 0 Å². The molecule has 0 fully saturated rings. The van der Waals surface area contributed by atoms with Crippen molar-refractivity contribution in [1.29, 1.82) is 0 Å². The third-order valence-corrected chi connectivity index (χ3v) is 4.06. The molecule has 0 spiro atoms. The van der Waals surface area contributed by atoms with Crippen LogP contribution in [0.4, 0.5) is 0 Å². The van der Waals surface area contributed by atoms with Crippen LogP contribution in [-0.4, -0.2) is 15.1 Å². The molecule has 0 aliphatic heterocycles. The monoisotopic (exact) mass is 448 g/mol. The standard InChI is InChI=1S/C15H19.C4H10N.C2H7Si.2ClH.Ti/c1-8-7-14-12(5)10(3)11(4)13(6)15(14)9(8)2;1-4(2,3)5;1-3-2;;;/h7H,1-6H3;5H,1-3H3;3H,1-2H3;2*1H;/q2*-1;;;;+4/p-2. The summed E-state index contributed by atoms with van der Waals surface area (Å²) in [4.78, 5) is 0. The van der Waals surface area contributed by atoms with Gasteiger partial charge in [-0.2, -0.15) is 5.56 Å². The summed E-state index contributed by atoms with van der Waals surface area (Å²) in [7, 11) is 0.750. The fourth-order valence-corrected chi connectivity index (χ4v) is 2.53. The zero-order valence-corrected chi connectivity index (χ0v) is 22.6. The molecule has 0 aromatic heterocycles. The van der Waals surface area contributed by atoms with Gasteiger partial charge in [-0.25, -0.2) is 0 Å². The van der Waals surface area contributed by atoms with Gasteiger partial charge in [0, 0.05) is 9.52 Å². The second kappa shape index (κ2) is 14.3. The summed E-state index contributed by atoms with van der Waals surface area (Å²) in [5.74, 6) is 0. The van der Waals surface area contributed by atoms with Gasteiger partial charge in [-0.3, -0.25) is 0 Å². The number of rotatable bonds is 0. The molecule has 0 unspecified atom stereocenters. The zero-order chi connectivity index (χ0) is 18.5. The van der Waals surface area contributed by atoms with Crippen molar-refractivity contribution in [3.63, 3.8) is 0 Å². The Balaban J connectivity index is -0.000000191. The Bertz CT molecular complexity index is 653. The molecule has 0 aliphatic rings. The van der Waals surface area contributed by atoms with Crippen LogP contribution in [0.5, 0.6) is 0 Å². The molecule has 1 radical (unpaired) electrons. The Labute approximate surface area is 192 Å². The molecule has 0 amide bonds. The molecule has 26 heavy (non-hydrogen) atoms. The molecule has 0 atom stereocenters. The van der Waals surface area contributed by atoms with Gasteiger partial charge in [0.1, 0.15) is 0 Å². The van der Waals surface area contributed by atoms with Crippen LogP contribution in [0.25, 0.3) is 16.5 Å². The normalized spacial score (nSPS) is 9.54. The molecule has 2 aromatic rings. The zero-order valence-electron chi connectivity index (χ0n) is 18.4. The third kappa shape index (κ3) is 10.0. The number of aryl methyl sites for hydroxylation is 4. The van der Waals surface area contributed by atoms with Gasteiger partial charge in [0.15, 0.2) is 0 Å². The van der Waals surface area contributed by atoms with Gasteiger partial charge < -0.3 is 30.5 Å². The van der Waals surface area contributed by atoms with Gasteiger partial charge in [-0.05, 0) is 20.8 Å². The minimum Gasteiger partial charge on any atom is -1.00 e. The molecule has 1 N–H and O–H groups in total. The van der Waals surface area contributed by atoms with Crippen LogP contribution < -0.4 is 24.8 Å². The molecule has 0 aliphatic carbocycles. The van der Waals surface area contributed by atoms with Crippen LogP contribution >= 0.6 is 0 Å². The van der Waals surface area contributed by atoms with Crippen molar-refractivity contribution in [2.45, 2.75) is 80.9 Å². The van der Waals surface area contributed by atoms with Crippen LogP contribution in [0.2, 0.25) is 13.1 Å². The van der Waals surface area contributed by atoms with E-state index < -0.39 is 0 Å². The number of hydrogen-bond donors (Lipinski definition) is 0. The largest absolute Gasteiger partial charge is 4.00 e. The van der Waals surface area contributed by atoms with Gasteiger partial charge in [-0.15, -0.1) is 33.5 Å². The number of nitrogens with one attached hydrogen (secondary N) is 1. The summed E-state index contributed by atoms with van der Waals surface area (Å²) >= 11 is 0. The smallest absolute Gasteiger partial charge is 1.00 e. The molecule has 2 aromatic carbocycles. The first-order valence-corrected chi connectivity index (χ1v) is 10.8. The summed E-state index contributed by atoms with van der Waals surface area (Å²) in [5.41, 5.74) is 15.4. The number of benzene rings is 1. The first-order chi connectivity index (χ1) is 10.4. The maximum atomic E-state index is 6.94. The Morgan fingerprint density at radius 2 is 1.04 bits per heavy atom. The van der Waals surface area contributed by atoms with Crippen molar-refractivity contribution in [3.05, 3.63) is 45.2 Å². The number of halogens is 2. The molecule has 0 bridgehead atoms. The molecule has 5 heteroatoms. The van der Waals surface area contributed by atoms with Crippen LogP contribution in [-0.2, 0) is 21.7 Å². The van der Waals surface area contributed by atoms with Crippen LogP contribution in [0.1, 0.15) is 54.2 Å². The predicted molar refractivity (Wildman–Crippen MR) is 111 cm³/mol. The van der Waals surface area contributed by atoms with Gasteiger partial charge in [-0.1, -0.05) is 71.3 Å². The van der Waals surface area contributed by atoms with E-state index >= 15 is 0 Å². The molecule has 2 rings (SSSR count). The average Bonchev–Trinajstić information content (AvgIpc) is 2.70. The second-order valence-electron chi connectivity index (χ2n) is 7.57. The number of hydrogen-bond acceptors (Lipinski definition) is 0. The van der Waals surface area contributed by atoms with E-state index in [0.717, 1.165) is 9.52 Å². The van der Waals surface area contributed by atoms with E-state index in [-0.39, 0.29) is 52.1 Å². The summed E-state index contributed by atoms with van der Waals surface area (Å²) in [6, 6.07) is 2.33. The minimum atomic E-state index is -0.250. The Kier molecular flexibility index (Phi) is 18.6. The van der Waals surface area contributed by atoms with E-state index in [1.807, 2.05) is 20.8 Å². The Hall–Kier alpha value is 0.301. The van der Waals surface area contributed by atoms with Crippen LogP contribution in [0.3, 0.4) is 0 Å². The summed E-state index contributed by atoms with van der Waals surface area (Å²) in [5, 5.41) is 2.93. The van der Waals surface area contributed by atoms with Crippen molar-refractivity contribution in [2.24, 2.45) is 0 Å². The van der Waals surface area contributed by atoms with Crippen molar-refractivity contribution in [3.8, 4) is 0 Å². The first-order valence-electron chi connectivity index (χ1n) is 8.48. The molecule has 147 valence electrons. The van der Waals surface area contributed by atoms with E-state index in [9.17, 15) is 0 Å². The van der Waals surface area contributed by atoms with Crippen LogP contribution in [0, 0.1) is 41.5 Å². The van der Waals surface area contributed by atoms with Crippen LogP contribution in [0.15, 0.2) is 6.07 Å². The summed E-state index contributed by atoms with van der Waals surface area (Å²) in [6.45, 7) is 23.4. The quantitative estimate of drug-likeness (QED) is 0.419. The molecule has 0 heterocycles. The maximum Gasteiger partial charge on any atom is 4.00 e. The molecule has 0 saturated carbocycles. The van der Waals surface area contributed by atoms with Crippen molar-refractivity contribution in [1.82, 2.24) is 0 Å². The molecule has 1 nitrogen and oxygen atoms in total. The molecular weight excluding hydrogens is 413 g/mol. The topological polar surface area (TPSA) is 23.8 Å². The Morgan fingerprint density at radius 1 is 0.731 bits per heavy atom. The van der Waals surface area contributed by atoms with E-state index in [1.54, 1.807) is 0 Å². The molecule has 0 saturated heterocycles. The fourth-order valence-electron chi connectivity index (χ4n) is 2.53. The third-order valence-electron chi connectivity index (χ3n) is 4.06. The predicted octanol–water partition coefficient (Wildman–Crippen LogP) is 0.771. The summed E-state index contributed by atoms with van der Waals surface area (Å²) < 4.78 is 0. The second-order valence-corrected chi connectivity index (χ2v) is 8.72. The van der Waals surface area contributed by atoms with Crippen molar-refractivity contribution >= 4 is 20.3 Å². The van der Waals surface area contributed by atoms with E-state index in [4.69, 9.17) is 5.73 Å². The minimum absolute atomic E-state index is 0. The van der Waals surface area contributed by atoms with Crippen molar-refractivity contribution in [2.75, 3.05) is 0 Å². The fraction of sp³-hybridized carbons (Fsp3) is 0.571. The van der Waals surface area contributed by atoms with Gasteiger partial charge >= 0.3 is 21.7 Å². The van der Waals surface area contributed by atoms with E-state index in [0.29, 0.717) is 0 Å². The van der Waals surface area contributed by atoms with Gasteiger partial charge in [0.25, 0.3) is 0 Å². The SMILES string of the molecule is CC(C)(C)[NH-].C[SiH]C.Cc1[cH-]c2c(C)c(C)c(C)c(C)c2c1C.[Cl-].[Cl-].[Ti+4]. The number of fused-ring (bicyclic) bond motifs is 1. The average molecular weight is 449 g/mol. The van der Waals surface area contributed by atoms with Crippen molar-refractivity contribution < 1.29 is 46.5 Å². The summed E-state index contributed by atoms with van der Waals surface area (Å²) in [6.07, 6.45) is 0. The Morgan fingerprint density at radius 3 is 1.38 bits per heavy atom. The maximum absolute atomic E-state index is 6.94. The molecular formula is C21H36Cl2NSiTi. The first kappa shape index (κ1) is 33.9.